The number of piperidine rings is 1. The molecule has 2 atom stereocenters. The Balaban J connectivity index is 1.50. The number of carboxylic acids is 1. The fourth-order valence-corrected chi connectivity index (χ4v) is 5.16. The number of hydrogen-bond acceptors (Lipinski definition) is 4. The first-order valence-corrected chi connectivity index (χ1v) is 11.2. The average molecular weight is 409 g/mol. The van der Waals surface area contributed by atoms with E-state index in [9.17, 15) is 14.4 Å². The molecule has 1 aliphatic heterocycles. The van der Waals surface area contributed by atoms with Crippen molar-refractivity contribution in [2.75, 3.05) is 19.7 Å². The van der Waals surface area contributed by atoms with Gasteiger partial charge in [-0.3, -0.25) is 14.4 Å². The van der Waals surface area contributed by atoms with Gasteiger partial charge in [-0.25, -0.2) is 0 Å². The van der Waals surface area contributed by atoms with E-state index in [1.165, 1.54) is 51.9 Å². The summed E-state index contributed by atoms with van der Waals surface area (Å²) in [4.78, 5) is 37.5. The van der Waals surface area contributed by atoms with Crippen molar-refractivity contribution >= 4 is 17.8 Å². The Kier molecular flexibility index (Phi) is 7.19. The molecule has 2 N–H and O–H groups in total. The summed E-state index contributed by atoms with van der Waals surface area (Å²) in [6.07, 6.45) is 9.60. The Morgan fingerprint density at radius 3 is 2.21 bits per heavy atom. The lowest BCUT2D eigenvalue weighted by molar-refractivity contribution is -0.148. The van der Waals surface area contributed by atoms with E-state index in [4.69, 9.17) is 9.84 Å². The van der Waals surface area contributed by atoms with Crippen LogP contribution in [0.4, 0.5) is 0 Å². The molecule has 0 aromatic heterocycles. The SMILES string of the molecule is CC(=O)NC(C(=O)N1CCC(C(=O)O)CC1)C(C)OCC1CCC2(CCC2)CC1. The molecule has 1 saturated heterocycles. The predicted molar refractivity (Wildman–Crippen MR) is 108 cm³/mol. The highest BCUT2D eigenvalue weighted by Gasteiger charge is 2.40. The van der Waals surface area contributed by atoms with E-state index in [2.05, 4.69) is 5.32 Å². The Labute approximate surface area is 173 Å². The molecule has 1 spiro atoms. The lowest BCUT2D eigenvalue weighted by Gasteiger charge is -2.47. The monoisotopic (exact) mass is 408 g/mol. The highest BCUT2D eigenvalue weighted by molar-refractivity contribution is 5.87. The fraction of sp³-hybridized carbons (Fsp3) is 0.864. The Bertz CT molecular complexity index is 600. The van der Waals surface area contributed by atoms with Crippen molar-refractivity contribution in [3.8, 4) is 0 Å². The molecule has 7 heteroatoms. The Morgan fingerprint density at radius 1 is 1.10 bits per heavy atom. The summed E-state index contributed by atoms with van der Waals surface area (Å²) in [6, 6.07) is -0.726. The van der Waals surface area contributed by atoms with Gasteiger partial charge in [-0.15, -0.1) is 0 Å². The summed E-state index contributed by atoms with van der Waals surface area (Å²) < 4.78 is 6.08. The van der Waals surface area contributed by atoms with Crippen LogP contribution < -0.4 is 5.32 Å². The molecule has 2 unspecified atom stereocenters. The van der Waals surface area contributed by atoms with Crippen molar-refractivity contribution in [1.82, 2.24) is 10.2 Å². The normalized spacial score (nSPS) is 24.6. The van der Waals surface area contributed by atoms with Gasteiger partial charge in [0.1, 0.15) is 6.04 Å². The van der Waals surface area contributed by atoms with Gasteiger partial charge >= 0.3 is 5.97 Å². The maximum Gasteiger partial charge on any atom is 0.306 e. The molecule has 1 heterocycles. The van der Waals surface area contributed by atoms with Crippen LogP contribution in [-0.2, 0) is 19.1 Å². The standard InChI is InChI=1S/C22H36N2O5/c1-15(29-14-17-4-10-22(11-5-17)8-3-9-22)19(23-16(2)25)20(26)24-12-6-18(7-13-24)21(27)28/h15,17-19H,3-14H2,1-2H3,(H,23,25)(H,27,28). The Hall–Kier alpha value is -1.63. The molecule has 29 heavy (non-hydrogen) atoms. The van der Waals surface area contributed by atoms with E-state index in [-0.39, 0.29) is 11.8 Å². The van der Waals surface area contributed by atoms with Crippen LogP contribution in [0.2, 0.25) is 0 Å². The van der Waals surface area contributed by atoms with E-state index in [1.54, 1.807) is 4.90 Å². The quantitative estimate of drug-likeness (QED) is 0.675. The minimum Gasteiger partial charge on any atom is -0.481 e. The van der Waals surface area contributed by atoms with Crippen LogP contribution in [0, 0.1) is 17.3 Å². The first-order chi connectivity index (χ1) is 13.8. The third-order valence-electron chi connectivity index (χ3n) is 7.42. The van der Waals surface area contributed by atoms with Gasteiger partial charge in [0, 0.05) is 26.6 Å². The number of carbonyl (C=O) groups is 3. The Morgan fingerprint density at radius 2 is 1.72 bits per heavy atom. The highest BCUT2D eigenvalue weighted by Crippen LogP contribution is 2.52. The average Bonchev–Trinajstić information content (AvgIpc) is 2.69. The van der Waals surface area contributed by atoms with Crippen molar-refractivity contribution in [2.45, 2.75) is 83.8 Å². The number of aliphatic carboxylic acids is 1. The topological polar surface area (TPSA) is 95.9 Å². The fourth-order valence-electron chi connectivity index (χ4n) is 5.16. The second-order valence-electron chi connectivity index (χ2n) is 9.45. The van der Waals surface area contributed by atoms with E-state index in [1.807, 2.05) is 6.92 Å². The van der Waals surface area contributed by atoms with Crippen LogP contribution in [0.1, 0.15) is 71.6 Å². The zero-order valence-corrected chi connectivity index (χ0v) is 17.8. The van der Waals surface area contributed by atoms with Gasteiger partial charge in [-0.1, -0.05) is 6.42 Å². The van der Waals surface area contributed by atoms with Crippen molar-refractivity contribution in [3.63, 3.8) is 0 Å². The third kappa shape index (κ3) is 5.50. The van der Waals surface area contributed by atoms with E-state index < -0.39 is 24.0 Å². The van der Waals surface area contributed by atoms with Gasteiger partial charge in [0.2, 0.25) is 11.8 Å². The first-order valence-electron chi connectivity index (χ1n) is 11.2. The summed E-state index contributed by atoms with van der Waals surface area (Å²) in [5.74, 6) is -1.10. The molecule has 2 aliphatic carbocycles. The largest absolute Gasteiger partial charge is 0.481 e. The van der Waals surface area contributed by atoms with Crippen LogP contribution in [0.3, 0.4) is 0 Å². The summed E-state index contributed by atoms with van der Waals surface area (Å²) >= 11 is 0. The maximum atomic E-state index is 13.0. The van der Waals surface area contributed by atoms with E-state index >= 15 is 0 Å². The number of likely N-dealkylation sites (tertiary alicyclic amines) is 1. The molecular weight excluding hydrogens is 372 g/mol. The van der Waals surface area contributed by atoms with Crippen molar-refractivity contribution in [2.24, 2.45) is 17.3 Å². The van der Waals surface area contributed by atoms with Gasteiger partial charge in [0.05, 0.1) is 12.0 Å². The zero-order chi connectivity index (χ0) is 21.0. The molecule has 2 amide bonds. The molecule has 2 saturated carbocycles. The van der Waals surface area contributed by atoms with Gasteiger partial charge in [-0.2, -0.15) is 0 Å². The number of hydrogen-bond donors (Lipinski definition) is 2. The van der Waals surface area contributed by atoms with Gasteiger partial charge in [-0.05, 0) is 69.6 Å². The molecule has 3 aliphatic rings. The van der Waals surface area contributed by atoms with E-state index in [0.29, 0.717) is 43.9 Å². The summed E-state index contributed by atoms with van der Waals surface area (Å²) in [7, 11) is 0. The molecule has 7 nitrogen and oxygen atoms in total. The molecule has 3 rings (SSSR count). The number of amides is 2. The minimum absolute atomic E-state index is 0.173. The number of nitrogens with one attached hydrogen (secondary N) is 1. The van der Waals surface area contributed by atoms with Crippen LogP contribution in [-0.4, -0.2) is 59.6 Å². The molecule has 164 valence electrons. The van der Waals surface area contributed by atoms with Gasteiger partial charge in [0.15, 0.2) is 0 Å². The molecule has 3 fully saturated rings. The van der Waals surface area contributed by atoms with Crippen molar-refractivity contribution in [1.29, 1.82) is 0 Å². The van der Waals surface area contributed by atoms with Crippen LogP contribution >= 0.6 is 0 Å². The van der Waals surface area contributed by atoms with E-state index in [0.717, 1.165) is 0 Å². The summed E-state index contributed by atoms with van der Waals surface area (Å²) in [6.45, 7) is 4.69. The van der Waals surface area contributed by atoms with Gasteiger partial charge < -0.3 is 20.1 Å². The number of nitrogens with zero attached hydrogens (tertiary/aromatic N) is 1. The zero-order valence-electron chi connectivity index (χ0n) is 17.8. The second-order valence-corrected chi connectivity index (χ2v) is 9.45. The predicted octanol–water partition coefficient (Wildman–Crippen LogP) is 2.58. The smallest absolute Gasteiger partial charge is 0.306 e. The second kappa shape index (κ2) is 9.45. The number of ether oxygens (including phenoxy) is 1. The molecule has 0 bridgehead atoms. The molecular formula is C22H36N2O5. The number of rotatable bonds is 7. The third-order valence-corrected chi connectivity index (χ3v) is 7.42. The van der Waals surface area contributed by atoms with Crippen molar-refractivity contribution < 1.29 is 24.2 Å². The summed E-state index contributed by atoms with van der Waals surface area (Å²) in [5, 5.41) is 11.9. The first kappa shape index (κ1) is 22.1. The number of carbonyl (C=O) groups excluding carboxylic acids is 2. The highest BCUT2D eigenvalue weighted by atomic mass is 16.5. The molecule has 0 aromatic carbocycles. The lowest BCUT2D eigenvalue weighted by atomic mass is 9.59. The maximum absolute atomic E-state index is 13.0. The minimum atomic E-state index is -0.802. The van der Waals surface area contributed by atoms with Gasteiger partial charge in [0.25, 0.3) is 0 Å². The lowest BCUT2D eigenvalue weighted by Crippen LogP contribution is -2.55. The number of carboxylic acid groups (broad SMARTS) is 1. The van der Waals surface area contributed by atoms with Crippen LogP contribution in [0.5, 0.6) is 0 Å². The summed E-state index contributed by atoms with van der Waals surface area (Å²) in [5.41, 5.74) is 0.624. The van der Waals surface area contributed by atoms with Crippen molar-refractivity contribution in [3.05, 3.63) is 0 Å². The van der Waals surface area contributed by atoms with Crippen LogP contribution in [0.15, 0.2) is 0 Å². The molecule has 0 aromatic rings. The molecule has 0 radical (unpaired) electrons. The van der Waals surface area contributed by atoms with Crippen LogP contribution in [0.25, 0.3) is 0 Å².